The highest BCUT2D eigenvalue weighted by Gasteiger charge is 2.13. The Morgan fingerprint density at radius 1 is 1.15 bits per heavy atom. The lowest BCUT2D eigenvalue weighted by molar-refractivity contribution is 0.730. The second-order valence-electron chi connectivity index (χ2n) is 4.74. The second kappa shape index (κ2) is 5.86. The number of fused-ring (bicyclic) bond motifs is 1. The molecule has 3 rings (SSSR count). The van der Waals surface area contributed by atoms with E-state index in [2.05, 4.69) is 39.5 Å². The fraction of sp³-hybridized carbons (Fsp3) is 0.125. The molecule has 0 amide bonds. The Bertz CT molecular complexity index is 736. The fourth-order valence-corrected chi connectivity index (χ4v) is 4.13. The van der Waals surface area contributed by atoms with Crippen LogP contribution in [-0.2, 0) is 6.42 Å². The Morgan fingerprint density at radius 2 is 1.90 bits per heavy atom. The third kappa shape index (κ3) is 2.77. The van der Waals surface area contributed by atoms with Gasteiger partial charge in [0.25, 0.3) is 0 Å². The molecule has 0 radical (unpaired) electrons. The number of thiophene rings is 1. The van der Waals surface area contributed by atoms with Crippen molar-refractivity contribution < 1.29 is 0 Å². The van der Waals surface area contributed by atoms with E-state index in [4.69, 9.17) is 17.3 Å². The number of hydrogen-bond donors (Lipinski definition) is 1. The highest BCUT2D eigenvalue weighted by atomic mass is 79.9. The van der Waals surface area contributed by atoms with Gasteiger partial charge in [0.2, 0.25) is 0 Å². The molecular formula is C16H13BrClNS. The van der Waals surface area contributed by atoms with Crippen LogP contribution in [0, 0.1) is 0 Å². The van der Waals surface area contributed by atoms with Crippen LogP contribution in [0.2, 0.25) is 5.02 Å². The van der Waals surface area contributed by atoms with Gasteiger partial charge in [0.15, 0.2) is 0 Å². The Balaban J connectivity index is 1.91. The number of benzene rings is 2. The second-order valence-corrected chi connectivity index (χ2v) is 6.92. The van der Waals surface area contributed by atoms with Crippen molar-refractivity contribution in [3.8, 4) is 0 Å². The zero-order valence-corrected chi connectivity index (χ0v) is 13.8. The molecular weight excluding hydrogens is 354 g/mol. The van der Waals surface area contributed by atoms with Crippen molar-refractivity contribution >= 4 is 49.0 Å². The first-order chi connectivity index (χ1) is 9.65. The van der Waals surface area contributed by atoms with Crippen LogP contribution in [0.25, 0.3) is 10.1 Å². The Hall–Kier alpha value is -0.870. The topological polar surface area (TPSA) is 26.0 Å². The molecule has 1 atom stereocenters. The molecule has 1 unspecified atom stereocenters. The minimum absolute atomic E-state index is 0.000717. The van der Waals surface area contributed by atoms with Crippen molar-refractivity contribution in [2.24, 2.45) is 5.73 Å². The molecule has 0 saturated carbocycles. The van der Waals surface area contributed by atoms with E-state index in [1.165, 1.54) is 21.2 Å². The van der Waals surface area contributed by atoms with E-state index >= 15 is 0 Å². The Morgan fingerprint density at radius 3 is 2.65 bits per heavy atom. The monoisotopic (exact) mass is 365 g/mol. The van der Waals surface area contributed by atoms with Gasteiger partial charge in [0.1, 0.15) is 0 Å². The lowest BCUT2D eigenvalue weighted by Gasteiger charge is -2.11. The van der Waals surface area contributed by atoms with Crippen molar-refractivity contribution in [3.05, 3.63) is 68.5 Å². The normalized spacial score (nSPS) is 12.8. The number of rotatable bonds is 3. The number of nitrogens with two attached hydrogens (primary N) is 1. The molecule has 2 aromatic carbocycles. The molecule has 0 aliphatic rings. The van der Waals surface area contributed by atoms with Gasteiger partial charge in [0, 0.05) is 20.2 Å². The molecule has 0 spiro atoms. The molecule has 0 saturated heterocycles. The number of hydrogen-bond acceptors (Lipinski definition) is 2. The quantitative estimate of drug-likeness (QED) is 0.645. The molecule has 0 aliphatic carbocycles. The van der Waals surface area contributed by atoms with Crippen molar-refractivity contribution in [3.63, 3.8) is 0 Å². The summed E-state index contributed by atoms with van der Waals surface area (Å²) in [4.78, 5) is 0. The lowest BCUT2D eigenvalue weighted by atomic mass is 9.99. The molecule has 0 fully saturated rings. The third-order valence-electron chi connectivity index (χ3n) is 3.35. The molecule has 1 heterocycles. The van der Waals surface area contributed by atoms with E-state index in [9.17, 15) is 0 Å². The fourth-order valence-electron chi connectivity index (χ4n) is 2.31. The predicted molar refractivity (Wildman–Crippen MR) is 91.6 cm³/mol. The van der Waals surface area contributed by atoms with Gasteiger partial charge in [-0.15, -0.1) is 11.3 Å². The summed E-state index contributed by atoms with van der Waals surface area (Å²) in [6.45, 7) is 0. The van der Waals surface area contributed by atoms with E-state index in [1.807, 2.05) is 24.3 Å². The highest BCUT2D eigenvalue weighted by Crippen LogP contribution is 2.35. The first-order valence-electron chi connectivity index (χ1n) is 6.31. The first-order valence-corrected chi connectivity index (χ1v) is 8.36. The Labute approximate surface area is 135 Å². The summed E-state index contributed by atoms with van der Waals surface area (Å²) in [5.41, 5.74) is 8.80. The highest BCUT2D eigenvalue weighted by molar-refractivity contribution is 9.10. The zero-order valence-electron chi connectivity index (χ0n) is 10.6. The van der Waals surface area contributed by atoms with E-state index in [0.29, 0.717) is 0 Å². The smallest absolute Gasteiger partial charge is 0.0488 e. The summed E-state index contributed by atoms with van der Waals surface area (Å²) >= 11 is 11.2. The Kier molecular flexibility index (Phi) is 4.13. The van der Waals surface area contributed by atoms with E-state index in [1.54, 1.807) is 11.3 Å². The molecule has 3 aromatic rings. The van der Waals surface area contributed by atoms with E-state index < -0.39 is 0 Å². The lowest BCUT2D eigenvalue weighted by Crippen LogP contribution is -2.12. The first kappa shape index (κ1) is 14.1. The summed E-state index contributed by atoms with van der Waals surface area (Å²) in [5.74, 6) is 0. The van der Waals surface area contributed by atoms with Crippen molar-refractivity contribution in [1.29, 1.82) is 0 Å². The van der Waals surface area contributed by atoms with Crippen LogP contribution in [0.4, 0.5) is 0 Å². The minimum atomic E-state index is -0.000717. The van der Waals surface area contributed by atoms with E-state index in [-0.39, 0.29) is 6.04 Å². The number of halogens is 2. The van der Waals surface area contributed by atoms with Crippen LogP contribution in [0.5, 0.6) is 0 Å². The van der Waals surface area contributed by atoms with Gasteiger partial charge < -0.3 is 5.73 Å². The third-order valence-corrected chi connectivity index (χ3v) is 5.57. The standard InChI is InChI=1S/C16H13BrClNS/c17-14-3-1-2-12-13(9-20-16(12)14)15(19)8-10-4-6-11(18)7-5-10/h1-7,9,15H,8,19H2. The largest absolute Gasteiger partial charge is 0.324 e. The zero-order chi connectivity index (χ0) is 14.1. The summed E-state index contributed by atoms with van der Waals surface area (Å²) in [6.07, 6.45) is 0.815. The van der Waals surface area contributed by atoms with Crippen LogP contribution in [0.15, 0.2) is 52.3 Å². The van der Waals surface area contributed by atoms with Crippen LogP contribution in [0.3, 0.4) is 0 Å². The molecule has 1 aromatic heterocycles. The maximum absolute atomic E-state index is 6.38. The van der Waals surface area contributed by atoms with Gasteiger partial charge in [0.05, 0.1) is 0 Å². The van der Waals surface area contributed by atoms with Crippen molar-refractivity contribution in [2.75, 3.05) is 0 Å². The molecule has 1 nitrogen and oxygen atoms in total. The molecule has 102 valence electrons. The van der Waals surface area contributed by atoms with Crippen LogP contribution in [-0.4, -0.2) is 0 Å². The maximum Gasteiger partial charge on any atom is 0.0488 e. The SMILES string of the molecule is NC(Cc1ccc(Cl)cc1)c1csc2c(Br)cccc12. The van der Waals surface area contributed by atoms with Gasteiger partial charge in [-0.25, -0.2) is 0 Å². The van der Waals surface area contributed by atoms with Gasteiger partial charge in [-0.05, 0) is 62.4 Å². The summed E-state index contributed by atoms with van der Waals surface area (Å²) in [7, 11) is 0. The molecule has 2 N–H and O–H groups in total. The summed E-state index contributed by atoms with van der Waals surface area (Å²) in [5, 5.41) is 4.16. The minimum Gasteiger partial charge on any atom is -0.324 e. The maximum atomic E-state index is 6.38. The summed E-state index contributed by atoms with van der Waals surface area (Å²) < 4.78 is 2.39. The van der Waals surface area contributed by atoms with Gasteiger partial charge >= 0.3 is 0 Å². The summed E-state index contributed by atoms with van der Waals surface area (Å²) in [6, 6.07) is 14.1. The van der Waals surface area contributed by atoms with Gasteiger partial charge in [-0.2, -0.15) is 0 Å². The molecule has 20 heavy (non-hydrogen) atoms. The average molecular weight is 367 g/mol. The molecule has 4 heteroatoms. The van der Waals surface area contributed by atoms with Crippen LogP contribution in [0.1, 0.15) is 17.2 Å². The van der Waals surface area contributed by atoms with Crippen LogP contribution < -0.4 is 5.73 Å². The van der Waals surface area contributed by atoms with E-state index in [0.717, 1.165) is 15.9 Å². The predicted octanol–water partition coefficient (Wildman–Crippen LogP) is 5.56. The van der Waals surface area contributed by atoms with Crippen LogP contribution >= 0.6 is 38.9 Å². The van der Waals surface area contributed by atoms with Crippen molar-refractivity contribution in [2.45, 2.75) is 12.5 Å². The van der Waals surface area contributed by atoms with Crippen molar-refractivity contribution in [1.82, 2.24) is 0 Å². The van der Waals surface area contributed by atoms with Gasteiger partial charge in [-0.1, -0.05) is 35.9 Å². The van der Waals surface area contributed by atoms with Gasteiger partial charge in [-0.3, -0.25) is 0 Å². The molecule has 0 aliphatic heterocycles. The average Bonchev–Trinajstić information content (AvgIpc) is 2.87. The molecule has 0 bridgehead atoms.